The van der Waals surface area contributed by atoms with Gasteiger partial charge in [-0.05, 0) is 6.07 Å². The second-order valence-corrected chi connectivity index (χ2v) is 2.97. The molecular weight excluding hydrogens is 170 g/mol. The quantitative estimate of drug-likeness (QED) is 0.569. The van der Waals surface area contributed by atoms with Crippen LogP contribution in [-0.2, 0) is 6.42 Å². The summed E-state index contributed by atoms with van der Waals surface area (Å²) in [6.45, 7) is 1.52. The third-order valence-corrected chi connectivity index (χ3v) is 1.87. The highest BCUT2D eigenvalue weighted by Crippen LogP contribution is 2.17. The van der Waals surface area contributed by atoms with E-state index >= 15 is 0 Å². The Morgan fingerprint density at radius 2 is 2.15 bits per heavy atom. The van der Waals surface area contributed by atoms with Gasteiger partial charge >= 0.3 is 0 Å². The lowest BCUT2D eigenvalue weighted by Gasteiger charge is -2.05. The van der Waals surface area contributed by atoms with Crippen LogP contribution in [0.5, 0.6) is 5.75 Å². The molecule has 0 fully saturated rings. The van der Waals surface area contributed by atoms with Gasteiger partial charge in [0.25, 0.3) is 0 Å². The minimum Gasteiger partial charge on any atom is -0.508 e. The number of benzene rings is 1. The zero-order valence-electron chi connectivity index (χ0n) is 7.30. The van der Waals surface area contributed by atoms with Crippen molar-refractivity contribution >= 4 is 0 Å². The summed E-state index contributed by atoms with van der Waals surface area (Å²) in [6, 6.07) is 6.00. The Labute approximate surface area is 76.0 Å². The molecule has 1 rings (SSSR count). The van der Waals surface area contributed by atoms with Crippen molar-refractivity contribution in [1.82, 2.24) is 0 Å². The van der Waals surface area contributed by atoms with E-state index < -0.39 is 6.04 Å². The molecule has 0 spiro atoms. The average Bonchev–Trinajstić information content (AvgIpc) is 2.08. The van der Waals surface area contributed by atoms with Gasteiger partial charge in [0.05, 0.1) is 0 Å². The standard InChI is InChI=1S/C9H11NO3/c1-7(10(12)13)6-8-4-2-3-5-9(8)11/h2-5,7,11H,6H2,1H3. The average molecular weight is 181 g/mol. The zero-order chi connectivity index (χ0) is 9.84. The first kappa shape index (κ1) is 9.51. The number of phenolic OH excluding ortho intramolecular Hbond substituents is 1. The molecule has 1 N–H and O–H groups in total. The van der Waals surface area contributed by atoms with E-state index in [1.54, 1.807) is 18.2 Å². The Kier molecular flexibility index (Phi) is 2.84. The maximum absolute atomic E-state index is 10.3. The van der Waals surface area contributed by atoms with Gasteiger partial charge in [-0.15, -0.1) is 0 Å². The molecule has 0 saturated heterocycles. The van der Waals surface area contributed by atoms with Gasteiger partial charge in [-0.25, -0.2) is 0 Å². The first-order valence-corrected chi connectivity index (χ1v) is 4.01. The molecule has 0 bridgehead atoms. The van der Waals surface area contributed by atoms with Gasteiger partial charge in [-0.3, -0.25) is 10.1 Å². The molecule has 0 radical (unpaired) electrons. The largest absolute Gasteiger partial charge is 0.508 e. The number of para-hydroxylation sites is 1. The predicted octanol–water partition coefficient (Wildman–Crippen LogP) is 1.60. The molecule has 0 aliphatic rings. The van der Waals surface area contributed by atoms with Crippen LogP contribution in [0.15, 0.2) is 24.3 Å². The molecule has 1 unspecified atom stereocenters. The molecule has 0 aliphatic carbocycles. The van der Waals surface area contributed by atoms with Gasteiger partial charge in [0.1, 0.15) is 5.75 Å². The summed E-state index contributed by atoms with van der Waals surface area (Å²) in [5, 5.41) is 19.7. The molecule has 1 aromatic carbocycles. The maximum Gasteiger partial charge on any atom is 0.214 e. The van der Waals surface area contributed by atoms with E-state index in [0.29, 0.717) is 5.56 Å². The van der Waals surface area contributed by atoms with Crippen LogP contribution >= 0.6 is 0 Å². The zero-order valence-corrected chi connectivity index (χ0v) is 7.30. The molecule has 4 heteroatoms. The van der Waals surface area contributed by atoms with E-state index in [1.165, 1.54) is 13.0 Å². The van der Waals surface area contributed by atoms with Crippen LogP contribution in [-0.4, -0.2) is 16.1 Å². The second kappa shape index (κ2) is 3.89. The van der Waals surface area contributed by atoms with E-state index in [1.807, 2.05) is 0 Å². The normalized spacial score (nSPS) is 12.4. The molecular formula is C9H11NO3. The number of nitrogens with zero attached hydrogens (tertiary/aromatic N) is 1. The molecule has 13 heavy (non-hydrogen) atoms. The van der Waals surface area contributed by atoms with E-state index in [0.717, 1.165) is 0 Å². The number of hydrogen-bond acceptors (Lipinski definition) is 3. The van der Waals surface area contributed by atoms with Crippen LogP contribution < -0.4 is 0 Å². The fourth-order valence-electron chi connectivity index (χ4n) is 1.08. The first-order chi connectivity index (χ1) is 6.11. The highest BCUT2D eigenvalue weighted by Gasteiger charge is 2.14. The minimum absolute atomic E-state index is 0.121. The van der Waals surface area contributed by atoms with E-state index in [-0.39, 0.29) is 17.1 Å². The summed E-state index contributed by atoms with van der Waals surface area (Å²) in [5.41, 5.74) is 0.617. The minimum atomic E-state index is -0.659. The summed E-state index contributed by atoms with van der Waals surface area (Å²) in [7, 11) is 0. The molecule has 4 nitrogen and oxygen atoms in total. The van der Waals surface area contributed by atoms with Crippen molar-refractivity contribution in [2.75, 3.05) is 0 Å². The first-order valence-electron chi connectivity index (χ1n) is 4.01. The Hall–Kier alpha value is -1.58. The van der Waals surface area contributed by atoms with Gasteiger partial charge in [0.15, 0.2) is 0 Å². The monoisotopic (exact) mass is 181 g/mol. The molecule has 1 atom stereocenters. The Morgan fingerprint density at radius 1 is 1.54 bits per heavy atom. The Balaban J connectivity index is 2.74. The fourth-order valence-corrected chi connectivity index (χ4v) is 1.08. The number of hydrogen-bond donors (Lipinski definition) is 1. The maximum atomic E-state index is 10.3. The van der Waals surface area contributed by atoms with E-state index in [2.05, 4.69) is 0 Å². The lowest BCUT2D eigenvalue weighted by molar-refractivity contribution is -0.517. The van der Waals surface area contributed by atoms with Crippen molar-refractivity contribution in [1.29, 1.82) is 0 Å². The highest BCUT2D eigenvalue weighted by atomic mass is 16.6. The van der Waals surface area contributed by atoms with Crippen molar-refractivity contribution in [2.24, 2.45) is 0 Å². The van der Waals surface area contributed by atoms with Crippen molar-refractivity contribution in [2.45, 2.75) is 19.4 Å². The van der Waals surface area contributed by atoms with Crippen LogP contribution in [0.25, 0.3) is 0 Å². The second-order valence-electron chi connectivity index (χ2n) is 2.97. The van der Waals surface area contributed by atoms with Crippen LogP contribution in [0.2, 0.25) is 0 Å². The molecule has 0 heterocycles. The van der Waals surface area contributed by atoms with Gasteiger partial charge in [-0.2, -0.15) is 0 Å². The summed E-state index contributed by atoms with van der Waals surface area (Å²) in [6.07, 6.45) is 0.264. The smallest absolute Gasteiger partial charge is 0.214 e. The summed E-state index contributed by atoms with van der Waals surface area (Å²) in [5.74, 6) is 0.121. The highest BCUT2D eigenvalue weighted by molar-refractivity contribution is 5.32. The van der Waals surface area contributed by atoms with Gasteiger partial charge < -0.3 is 5.11 Å². The predicted molar refractivity (Wildman–Crippen MR) is 48.3 cm³/mol. The van der Waals surface area contributed by atoms with Crippen molar-refractivity contribution < 1.29 is 10.0 Å². The number of aromatic hydroxyl groups is 1. The van der Waals surface area contributed by atoms with E-state index in [9.17, 15) is 15.2 Å². The summed E-state index contributed by atoms with van der Waals surface area (Å²) in [4.78, 5) is 9.98. The van der Waals surface area contributed by atoms with Crippen LogP contribution in [0.1, 0.15) is 12.5 Å². The van der Waals surface area contributed by atoms with Crippen LogP contribution in [0.4, 0.5) is 0 Å². The number of rotatable bonds is 3. The molecule has 0 amide bonds. The van der Waals surface area contributed by atoms with Crippen LogP contribution in [0, 0.1) is 10.1 Å². The SMILES string of the molecule is CC(Cc1ccccc1O)[N+](=O)[O-]. The van der Waals surface area contributed by atoms with Crippen LogP contribution in [0.3, 0.4) is 0 Å². The lowest BCUT2D eigenvalue weighted by atomic mass is 10.1. The van der Waals surface area contributed by atoms with E-state index in [4.69, 9.17) is 0 Å². The topological polar surface area (TPSA) is 63.4 Å². The summed E-state index contributed by atoms with van der Waals surface area (Å²) < 4.78 is 0. The lowest BCUT2D eigenvalue weighted by Crippen LogP contribution is -2.17. The summed E-state index contributed by atoms with van der Waals surface area (Å²) >= 11 is 0. The molecule has 0 aromatic heterocycles. The molecule has 1 aromatic rings. The molecule has 0 saturated carbocycles. The molecule has 70 valence electrons. The fraction of sp³-hybridized carbons (Fsp3) is 0.333. The molecule has 0 aliphatic heterocycles. The number of nitro groups is 1. The van der Waals surface area contributed by atoms with Gasteiger partial charge in [0, 0.05) is 23.8 Å². The van der Waals surface area contributed by atoms with Gasteiger partial charge in [-0.1, -0.05) is 18.2 Å². The number of phenols is 1. The van der Waals surface area contributed by atoms with Crippen molar-refractivity contribution in [3.8, 4) is 5.75 Å². The third kappa shape index (κ3) is 2.43. The van der Waals surface area contributed by atoms with Crippen molar-refractivity contribution in [3.63, 3.8) is 0 Å². The Morgan fingerprint density at radius 3 is 2.69 bits per heavy atom. The third-order valence-electron chi connectivity index (χ3n) is 1.87. The van der Waals surface area contributed by atoms with Gasteiger partial charge in [0.2, 0.25) is 6.04 Å². The Bertz CT molecular complexity index is 311. The van der Waals surface area contributed by atoms with Crippen molar-refractivity contribution in [3.05, 3.63) is 39.9 Å².